The van der Waals surface area contributed by atoms with Crippen LogP contribution in [-0.4, -0.2) is 48.7 Å². The van der Waals surface area contributed by atoms with E-state index >= 15 is 0 Å². The van der Waals surface area contributed by atoms with Gasteiger partial charge in [-0.05, 0) is 70.8 Å². The third kappa shape index (κ3) is 5.10. The number of nitrogens with two attached hydrogens (primary N) is 2. The van der Waals surface area contributed by atoms with E-state index in [4.69, 9.17) is 20.9 Å². The summed E-state index contributed by atoms with van der Waals surface area (Å²) in [5.41, 5.74) is 16.8. The molecule has 0 aliphatic heterocycles. The van der Waals surface area contributed by atoms with E-state index < -0.39 is 10.0 Å². The van der Waals surface area contributed by atoms with Gasteiger partial charge < -0.3 is 31.4 Å². The minimum Gasteiger partial charge on any atom is -0.493 e. The van der Waals surface area contributed by atoms with E-state index in [2.05, 4.69) is 10.3 Å². The van der Waals surface area contributed by atoms with Gasteiger partial charge in [0.1, 0.15) is 0 Å². The smallest absolute Gasteiger partial charge is 0.268 e. The van der Waals surface area contributed by atoms with Crippen LogP contribution in [0.5, 0.6) is 11.5 Å². The maximum atomic E-state index is 14.4. The first-order valence-electron chi connectivity index (χ1n) is 13.9. The molecule has 6 N–H and O–H groups in total. The number of fused-ring (bicyclic) bond motifs is 3. The highest BCUT2D eigenvalue weighted by Crippen LogP contribution is 2.39. The number of rotatable bonds is 8. The summed E-state index contributed by atoms with van der Waals surface area (Å²) in [7, 11) is -1.22. The van der Waals surface area contributed by atoms with Crippen molar-refractivity contribution in [1.82, 2.24) is 3.97 Å². The maximum absolute atomic E-state index is 14.4. The first-order chi connectivity index (χ1) is 22.2. The number of methoxy groups -OCH3 is 2. The monoisotopic (exact) mass is 635 g/mol. The van der Waals surface area contributed by atoms with E-state index in [1.807, 2.05) is 36.4 Å². The molecule has 0 saturated carbocycles. The summed E-state index contributed by atoms with van der Waals surface area (Å²) in [6, 6.07) is 29.9. The molecular formula is C34H29N5O6S. The Morgan fingerprint density at radius 2 is 1.11 bits per heavy atom. The molecule has 0 amide bonds. The highest BCUT2D eigenvalue weighted by molar-refractivity contribution is 7.90. The van der Waals surface area contributed by atoms with Crippen molar-refractivity contribution in [3.05, 3.63) is 114 Å². The van der Waals surface area contributed by atoms with E-state index in [9.17, 15) is 18.8 Å². The summed E-state index contributed by atoms with van der Waals surface area (Å²) in [5, 5.41) is 26.0. The van der Waals surface area contributed by atoms with Crippen LogP contribution < -0.4 is 20.9 Å². The largest absolute Gasteiger partial charge is 0.493 e. The maximum Gasteiger partial charge on any atom is 0.268 e. The molecule has 46 heavy (non-hydrogen) atoms. The Morgan fingerprint density at radius 1 is 0.630 bits per heavy atom. The fraction of sp³-hybridized carbons (Fsp3) is 0.0588. The Morgan fingerprint density at radius 3 is 1.57 bits per heavy atom. The van der Waals surface area contributed by atoms with Crippen molar-refractivity contribution >= 4 is 43.5 Å². The molecule has 232 valence electrons. The van der Waals surface area contributed by atoms with Crippen LogP contribution in [0.2, 0.25) is 0 Å². The predicted molar refractivity (Wildman–Crippen MR) is 177 cm³/mol. The molecule has 0 fully saturated rings. The van der Waals surface area contributed by atoms with Gasteiger partial charge in [-0.1, -0.05) is 58.8 Å². The number of ether oxygens (including phenoxy) is 2. The van der Waals surface area contributed by atoms with Crippen LogP contribution in [-0.2, 0) is 10.0 Å². The Balaban J connectivity index is 1.62. The van der Waals surface area contributed by atoms with Gasteiger partial charge in [-0.2, -0.15) is 0 Å². The van der Waals surface area contributed by atoms with E-state index in [0.29, 0.717) is 38.7 Å². The lowest BCUT2D eigenvalue weighted by Gasteiger charge is -2.13. The molecule has 0 aliphatic carbocycles. The van der Waals surface area contributed by atoms with Crippen LogP contribution in [0.3, 0.4) is 0 Å². The normalized spacial score (nSPS) is 12.5. The Hall–Kier alpha value is -6.01. The number of oxime groups is 2. The average Bonchev–Trinajstić information content (AvgIpc) is 3.44. The Bertz CT molecular complexity index is 2190. The van der Waals surface area contributed by atoms with Crippen LogP contribution in [0.4, 0.5) is 0 Å². The summed E-state index contributed by atoms with van der Waals surface area (Å²) in [4.78, 5) is 0.0232. The van der Waals surface area contributed by atoms with E-state index in [1.54, 1.807) is 54.6 Å². The zero-order valence-corrected chi connectivity index (χ0v) is 25.6. The second-order valence-corrected chi connectivity index (χ2v) is 12.2. The second kappa shape index (κ2) is 11.8. The summed E-state index contributed by atoms with van der Waals surface area (Å²) < 4.78 is 40.8. The van der Waals surface area contributed by atoms with Crippen molar-refractivity contribution in [2.75, 3.05) is 14.2 Å². The van der Waals surface area contributed by atoms with Crippen molar-refractivity contribution < 1.29 is 28.3 Å². The molecular weight excluding hydrogens is 606 g/mol. The molecule has 0 atom stereocenters. The zero-order chi connectivity index (χ0) is 32.6. The first kappa shape index (κ1) is 30.0. The molecule has 5 aromatic carbocycles. The third-order valence-electron chi connectivity index (χ3n) is 7.81. The summed E-state index contributed by atoms with van der Waals surface area (Å²) >= 11 is 0. The van der Waals surface area contributed by atoms with Gasteiger partial charge in [0.2, 0.25) is 0 Å². The van der Waals surface area contributed by atoms with Gasteiger partial charge >= 0.3 is 0 Å². The number of hydrogen-bond acceptors (Lipinski definition) is 8. The molecule has 1 heterocycles. The summed E-state index contributed by atoms with van der Waals surface area (Å²) in [6.07, 6.45) is 0. The van der Waals surface area contributed by atoms with Crippen LogP contribution in [0.25, 0.3) is 44.1 Å². The standard InChI is InChI=1S/C34H29N5O6S/c1-44-31-14-11-26(19-32(31)45-2)46(42,43)39-29-12-9-22(20-5-3-7-24(15-20)33(35)37-40)17-27(29)28-18-23(10-13-30(28)39)21-6-4-8-25(16-21)34(36)38-41/h3-19,40-41H,1-2H3,(H2,35,37)(H2,36,38). The second-order valence-electron chi connectivity index (χ2n) is 10.4. The molecule has 0 unspecified atom stereocenters. The van der Waals surface area contributed by atoms with Gasteiger partial charge in [0, 0.05) is 28.0 Å². The van der Waals surface area contributed by atoms with Gasteiger partial charge in [-0.25, -0.2) is 12.4 Å². The molecule has 6 rings (SSSR count). The van der Waals surface area contributed by atoms with E-state index in [-0.39, 0.29) is 22.3 Å². The van der Waals surface area contributed by atoms with Crippen molar-refractivity contribution in [3.63, 3.8) is 0 Å². The number of amidine groups is 2. The Labute approximate surface area is 264 Å². The lowest BCUT2D eigenvalue weighted by atomic mass is 9.98. The number of nitrogens with zero attached hydrogens (tertiary/aromatic N) is 3. The van der Waals surface area contributed by atoms with Crippen molar-refractivity contribution in [1.29, 1.82) is 0 Å². The molecule has 6 aromatic rings. The molecule has 12 heteroatoms. The molecule has 0 aliphatic rings. The minimum atomic E-state index is -4.14. The van der Waals surface area contributed by atoms with Crippen LogP contribution in [0.15, 0.2) is 118 Å². The fourth-order valence-corrected chi connectivity index (χ4v) is 7.06. The zero-order valence-electron chi connectivity index (χ0n) is 24.7. The highest BCUT2D eigenvalue weighted by atomic mass is 32.2. The van der Waals surface area contributed by atoms with Gasteiger partial charge in [0.25, 0.3) is 10.0 Å². The quantitative estimate of drug-likeness (QED) is 0.0726. The lowest BCUT2D eigenvalue weighted by molar-refractivity contribution is 0.318. The Kier molecular flexibility index (Phi) is 7.72. The predicted octanol–water partition coefficient (Wildman–Crippen LogP) is 5.57. The van der Waals surface area contributed by atoms with Crippen LogP contribution in [0.1, 0.15) is 11.1 Å². The molecule has 0 saturated heterocycles. The summed E-state index contributed by atoms with van der Waals surface area (Å²) in [6.45, 7) is 0. The molecule has 0 bridgehead atoms. The minimum absolute atomic E-state index is 0.0232. The number of benzene rings is 5. The van der Waals surface area contributed by atoms with E-state index in [0.717, 1.165) is 22.3 Å². The molecule has 0 radical (unpaired) electrons. The van der Waals surface area contributed by atoms with Crippen LogP contribution >= 0.6 is 0 Å². The SMILES string of the molecule is COc1ccc(S(=O)(=O)n2c3ccc(-c4cccc(/C(N)=N/O)c4)cc3c3cc(-c4cccc(/C(N)=N/O)c4)ccc32)cc1OC. The first-order valence-corrected chi connectivity index (χ1v) is 15.4. The van der Waals surface area contributed by atoms with Gasteiger partial charge in [0.15, 0.2) is 23.2 Å². The summed E-state index contributed by atoms with van der Waals surface area (Å²) in [5.74, 6) is 0.629. The van der Waals surface area contributed by atoms with Crippen LogP contribution in [0, 0.1) is 0 Å². The topological polar surface area (TPSA) is 175 Å². The highest BCUT2D eigenvalue weighted by Gasteiger charge is 2.25. The third-order valence-corrected chi connectivity index (χ3v) is 9.54. The lowest BCUT2D eigenvalue weighted by Crippen LogP contribution is -2.13. The fourth-order valence-electron chi connectivity index (χ4n) is 5.52. The number of aromatic nitrogens is 1. The van der Waals surface area contributed by atoms with Crippen molar-refractivity contribution in [2.45, 2.75) is 4.90 Å². The van der Waals surface area contributed by atoms with Crippen molar-refractivity contribution in [3.8, 4) is 33.8 Å². The molecule has 1 aromatic heterocycles. The van der Waals surface area contributed by atoms with Gasteiger partial charge in [-0.3, -0.25) is 0 Å². The molecule has 0 spiro atoms. The average molecular weight is 636 g/mol. The number of hydrogen-bond donors (Lipinski definition) is 4. The van der Waals surface area contributed by atoms with Gasteiger partial charge in [0.05, 0.1) is 30.1 Å². The van der Waals surface area contributed by atoms with E-state index in [1.165, 1.54) is 30.3 Å². The van der Waals surface area contributed by atoms with Crippen molar-refractivity contribution in [2.24, 2.45) is 21.8 Å². The molecule has 11 nitrogen and oxygen atoms in total. The van der Waals surface area contributed by atoms with Gasteiger partial charge in [-0.15, -0.1) is 0 Å².